The summed E-state index contributed by atoms with van der Waals surface area (Å²) in [6, 6.07) is 4.63. The molecule has 0 heterocycles. The van der Waals surface area contributed by atoms with Crippen molar-refractivity contribution in [2.75, 3.05) is 28.2 Å². The van der Waals surface area contributed by atoms with E-state index in [1.807, 2.05) is 38.0 Å². The number of aliphatic imine (C=N–C) groups is 1. The maximum Gasteiger partial charge on any atom is 0.195 e. The molecule has 1 aromatic carbocycles. The van der Waals surface area contributed by atoms with Gasteiger partial charge in [0.2, 0.25) is 0 Å². The Hall–Kier alpha value is -1.29. The average molecular weight is 258 g/mol. The first-order valence-corrected chi connectivity index (χ1v) is 5.62. The summed E-state index contributed by atoms with van der Waals surface area (Å²) in [5.41, 5.74) is 0.538. The maximum atomic E-state index is 13.5. The van der Waals surface area contributed by atoms with Gasteiger partial charge in [0, 0.05) is 38.8 Å². The van der Waals surface area contributed by atoms with Gasteiger partial charge >= 0.3 is 0 Å². The third-order valence-corrected chi connectivity index (χ3v) is 2.44. The van der Waals surface area contributed by atoms with Crippen molar-refractivity contribution >= 4 is 17.6 Å². The second-order valence-electron chi connectivity index (χ2n) is 4.14. The molecule has 0 bridgehead atoms. The van der Waals surface area contributed by atoms with Crippen LogP contribution < -0.4 is 0 Å². The third-order valence-electron chi connectivity index (χ3n) is 2.21. The molecule has 0 spiro atoms. The molecule has 3 nitrogen and oxygen atoms in total. The lowest BCUT2D eigenvalue weighted by Crippen LogP contribution is -2.35. The van der Waals surface area contributed by atoms with E-state index >= 15 is 0 Å². The minimum absolute atomic E-state index is 0.300. The van der Waals surface area contributed by atoms with Crippen LogP contribution >= 0.6 is 11.6 Å². The van der Waals surface area contributed by atoms with Crippen LogP contribution in [0.15, 0.2) is 23.2 Å². The summed E-state index contributed by atoms with van der Waals surface area (Å²) in [6.45, 7) is 0.300. The Labute approximate surface area is 107 Å². The molecule has 0 aliphatic rings. The van der Waals surface area contributed by atoms with Crippen molar-refractivity contribution in [2.24, 2.45) is 4.99 Å². The lowest BCUT2D eigenvalue weighted by atomic mass is 10.2. The van der Waals surface area contributed by atoms with Crippen LogP contribution in [0.5, 0.6) is 0 Å². The number of halogens is 2. The fourth-order valence-electron chi connectivity index (χ4n) is 1.49. The number of nitrogens with zero attached hydrogens (tertiary/aromatic N) is 3. The highest BCUT2D eigenvalue weighted by Crippen LogP contribution is 2.15. The van der Waals surface area contributed by atoms with E-state index in [2.05, 4.69) is 4.99 Å². The lowest BCUT2D eigenvalue weighted by molar-refractivity contribution is 0.478. The van der Waals surface area contributed by atoms with Gasteiger partial charge in [0.15, 0.2) is 5.96 Å². The van der Waals surface area contributed by atoms with E-state index in [1.165, 1.54) is 6.07 Å². The van der Waals surface area contributed by atoms with Crippen LogP contribution in [0.3, 0.4) is 0 Å². The van der Waals surface area contributed by atoms with Crippen LogP contribution in [0.25, 0.3) is 0 Å². The summed E-state index contributed by atoms with van der Waals surface area (Å²) < 4.78 is 13.5. The second kappa shape index (κ2) is 5.87. The Morgan fingerprint density at radius 3 is 2.29 bits per heavy atom. The van der Waals surface area contributed by atoms with E-state index < -0.39 is 0 Å². The molecule has 0 unspecified atom stereocenters. The summed E-state index contributed by atoms with van der Waals surface area (Å²) in [5.74, 6) is 0.470. The molecule has 94 valence electrons. The molecule has 1 aromatic rings. The first-order chi connectivity index (χ1) is 7.91. The van der Waals surface area contributed by atoms with Crippen LogP contribution in [0, 0.1) is 5.82 Å². The molecular formula is C12H17ClFN3. The molecule has 0 aliphatic heterocycles. The van der Waals surface area contributed by atoms with Crippen LogP contribution in [0.4, 0.5) is 4.39 Å². The predicted octanol–water partition coefficient (Wildman–Crippen LogP) is 2.46. The van der Waals surface area contributed by atoms with Gasteiger partial charge in [-0.2, -0.15) is 0 Å². The molecule has 0 saturated carbocycles. The van der Waals surface area contributed by atoms with Crippen LogP contribution in [-0.4, -0.2) is 44.0 Å². The quantitative estimate of drug-likeness (QED) is 0.599. The molecule has 5 heteroatoms. The smallest absolute Gasteiger partial charge is 0.195 e. The van der Waals surface area contributed by atoms with Crippen molar-refractivity contribution in [2.45, 2.75) is 6.54 Å². The van der Waals surface area contributed by atoms with Gasteiger partial charge in [-0.25, -0.2) is 9.38 Å². The fourth-order valence-corrected chi connectivity index (χ4v) is 1.65. The summed E-state index contributed by atoms with van der Waals surface area (Å²) in [6.07, 6.45) is 0. The summed E-state index contributed by atoms with van der Waals surface area (Å²) in [4.78, 5) is 8.13. The van der Waals surface area contributed by atoms with Crippen LogP contribution in [-0.2, 0) is 6.54 Å². The van der Waals surface area contributed by atoms with Gasteiger partial charge in [-0.15, -0.1) is 0 Å². The highest BCUT2D eigenvalue weighted by molar-refractivity contribution is 6.30. The molecule has 17 heavy (non-hydrogen) atoms. The van der Waals surface area contributed by atoms with Gasteiger partial charge < -0.3 is 9.80 Å². The first-order valence-electron chi connectivity index (χ1n) is 5.25. The summed E-state index contributed by atoms with van der Waals surface area (Å²) >= 11 is 5.69. The summed E-state index contributed by atoms with van der Waals surface area (Å²) in [5, 5.41) is 0.399. The van der Waals surface area contributed by atoms with Crippen molar-refractivity contribution < 1.29 is 4.39 Å². The van der Waals surface area contributed by atoms with Gasteiger partial charge in [-0.05, 0) is 12.1 Å². The Morgan fingerprint density at radius 1 is 1.24 bits per heavy atom. The van der Waals surface area contributed by atoms with Crippen molar-refractivity contribution in [1.29, 1.82) is 0 Å². The molecule has 0 radical (unpaired) electrons. The minimum atomic E-state index is -0.321. The van der Waals surface area contributed by atoms with Gasteiger partial charge in [0.05, 0.1) is 6.54 Å². The summed E-state index contributed by atoms with van der Waals surface area (Å²) in [7, 11) is 7.60. The Bertz CT molecular complexity index is 406. The van der Waals surface area contributed by atoms with Crippen molar-refractivity contribution in [3.8, 4) is 0 Å². The maximum absolute atomic E-state index is 13.5. The monoisotopic (exact) mass is 257 g/mol. The van der Waals surface area contributed by atoms with Crippen molar-refractivity contribution in [3.63, 3.8) is 0 Å². The zero-order chi connectivity index (χ0) is 13.0. The molecule has 0 fully saturated rings. The second-order valence-corrected chi connectivity index (χ2v) is 4.58. The van der Waals surface area contributed by atoms with E-state index in [1.54, 1.807) is 12.1 Å². The topological polar surface area (TPSA) is 18.8 Å². The molecule has 0 saturated heterocycles. The highest BCUT2D eigenvalue weighted by Gasteiger charge is 2.06. The van der Waals surface area contributed by atoms with Crippen LogP contribution in [0.1, 0.15) is 5.56 Å². The van der Waals surface area contributed by atoms with E-state index in [4.69, 9.17) is 11.6 Å². The number of hydrogen-bond acceptors (Lipinski definition) is 1. The van der Waals surface area contributed by atoms with Gasteiger partial charge in [0.1, 0.15) is 5.82 Å². The normalized spacial score (nSPS) is 10.0. The van der Waals surface area contributed by atoms with E-state index in [9.17, 15) is 4.39 Å². The fraction of sp³-hybridized carbons (Fsp3) is 0.417. The molecule has 0 N–H and O–H groups in total. The van der Waals surface area contributed by atoms with Crippen molar-refractivity contribution in [3.05, 3.63) is 34.6 Å². The predicted molar refractivity (Wildman–Crippen MR) is 69.9 cm³/mol. The third kappa shape index (κ3) is 3.89. The van der Waals surface area contributed by atoms with Crippen molar-refractivity contribution in [1.82, 2.24) is 9.80 Å². The molecule has 0 aliphatic carbocycles. The molecular weight excluding hydrogens is 241 g/mol. The Kier molecular flexibility index (Phi) is 4.75. The van der Waals surface area contributed by atoms with E-state index in [0.29, 0.717) is 17.1 Å². The molecule has 1 rings (SSSR count). The van der Waals surface area contributed by atoms with Gasteiger partial charge in [0.25, 0.3) is 0 Å². The molecule has 0 aromatic heterocycles. The zero-order valence-electron chi connectivity index (χ0n) is 10.5. The minimum Gasteiger partial charge on any atom is -0.349 e. The number of hydrogen-bond donors (Lipinski definition) is 0. The zero-order valence-corrected chi connectivity index (χ0v) is 11.3. The molecule has 0 amide bonds. The number of benzene rings is 1. The standard InChI is InChI=1S/C12H17ClFN3/c1-16(2)12(17(3)4)15-8-9-5-6-10(13)7-11(9)14/h5-7H,8H2,1-4H3. The average Bonchev–Trinajstić information content (AvgIpc) is 2.20. The van der Waals surface area contributed by atoms with E-state index in [0.717, 1.165) is 5.96 Å². The van der Waals surface area contributed by atoms with E-state index in [-0.39, 0.29) is 5.82 Å². The number of guanidine groups is 1. The van der Waals surface area contributed by atoms with Gasteiger partial charge in [-0.3, -0.25) is 0 Å². The SMILES string of the molecule is CN(C)C(=NCc1ccc(Cl)cc1F)N(C)C. The number of rotatable bonds is 2. The Balaban J connectivity index is 2.87. The van der Waals surface area contributed by atoms with Gasteiger partial charge in [-0.1, -0.05) is 17.7 Å². The largest absolute Gasteiger partial charge is 0.349 e. The molecule has 0 atom stereocenters. The Morgan fingerprint density at radius 2 is 1.82 bits per heavy atom. The lowest BCUT2D eigenvalue weighted by Gasteiger charge is -2.22. The van der Waals surface area contributed by atoms with Crippen LogP contribution in [0.2, 0.25) is 5.02 Å². The highest BCUT2D eigenvalue weighted by atomic mass is 35.5. The first kappa shape index (κ1) is 13.8.